The summed E-state index contributed by atoms with van der Waals surface area (Å²) in [5.41, 5.74) is 0. The zero-order valence-electron chi connectivity index (χ0n) is 12.5. The minimum atomic E-state index is -0.856. The van der Waals surface area contributed by atoms with E-state index < -0.39 is 17.7 Å². The van der Waals surface area contributed by atoms with Crippen LogP contribution in [-0.4, -0.2) is 41.6 Å². The Labute approximate surface area is 128 Å². The fourth-order valence-corrected chi connectivity index (χ4v) is 2.62. The summed E-state index contributed by atoms with van der Waals surface area (Å²) >= 11 is 0. The minimum absolute atomic E-state index is 0.0314. The molecule has 1 aromatic rings. The smallest absolute Gasteiger partial charge is 0.308 e. The molecule has 6 heteroatoms. The number of carbonyl (C=O) groups is 2. The van der Waals surface area contributed by atoms with E-state index in [-0.39, 0.29) is 37.1 Å². The molecule has 120 valence electrons. The number of benzene rings is 1. The summed E-state index contributed by atoms with van der Waals surface area (Å²) in [6.45, 7) is 2.83. The first-order valence-electron chi connectivity index (χ1n) is 7.37. The zero-order chi connectivity index (χ0) is 16.1. The van der Waals surface area contributed by atoms with Crippen molar-refractivity contribution >= 4 is 11.9 Å². The number of amides is 1. The van der Waals surface area contributed by atoms with Crippen molar-refractivity contribution in [2.45, 2.75) is 19.8 Å². The molecule has 1 heterocycles. The molecule has 2 rings (SSSR count). The molecule has 1 amide bonds. The van der Waals surface area contributed by atoms with Crippen LogP contribution < -0.4 is 4.74 Å². The summed E-state index contributed by atoms with van der Waals surface area (Å²) < 4.78 is 18.6. The molecule has 22 heavy (non-hydrogen) atoms. The summed E-state index contributed by atoms with van der Waals surface area (Å²) in [6.07, 6.45) is 0.739. The Morgan fingerprint density at radius 1 is 1.36 bits per heavy atom. The van der Waals surface area contributed by atoms with Crippen LogP contribution in [0, 0.1) is 17.7 Å². The molecule has 1 aromatic carbocycles. The van der Waals surface area contributed by atoms with Crippen LogP contribution in [0.2, 0.25) is 0 Å². The third kappa shape index (κ3) is 3.96. The highest BCUT2D eigenvalue weighted by Crippen LogP contribution is 2.24. The zero-order valence-corrected chi connectivity index (χ0v) is 12.5. The molecule has 1 aliphatic rings. The standard InChI is InChI=1S/C16H20FNO4/c1-11-9-18(10-12(11)16(20)21)15(19)7-4-8-22-14-6-3-2-5-13(14)17/h2-3,5-6,11-12H,4,7-10H2,1H3,(H,20,21)/t11-,12-/m1/s1. The van der Waals surface area contributed by atoms with Gasteiger partial charge in [0.05, 0.1) is 12.5 Å². The lowest BCUT2D eigenvalue weighted by molar-refractivity contribution is -0.142. The van der Waals surface area contributed by atoms with E-state index >= 15 is 0 Å². The number of para-hydroxylation sites is 1. The fourth-order valence-electron chi connectivity index (χ4n) is 2.62. The van der Waals surface area contributed by atoms with Gasteiger partial charge in [0, 0.05) is 19.5 Å². The van der Waals surface area contributed by atoms with Gasteiger partial charge in [-0.25, -0.2) is 4.39 Å². The summed E-state index contributed by atoms with van der Waals surface area (Å²) in [6, 6.07) is 6.12. The number of rotatable bonds is 6. The number of likely N-dealkylation sites (tertiary alicyclic amines) is 1. The highest BCUT2D eigenvalue weighted by Gasteiger charge is 2.36. The summed E-state index contributed by atoms with van der Waals surface area (Å²) in [5, 5.41) is 9.06. The van der Waals surface area contributed by atoms with Gasteiger partial charge in [0.1, 0.15) is 0 Å². The molecular weight excluding hydrogens is 289 g/mol. The van der Waals surface area contributed by atoms with Crippen molar-refractivity contribution in [3.8, 4) is 5.75 Å². The van der Waals surface area contributed by atoms with Gasteiger partial charge in [0.2, 0.25) is 5.91 Å². The van der Waals surface area contributed by atoms with Crippen LogP contribution in [0.25, 0.3) is 0 Å². The van der Waals surface area contributed by atoms with Gasteiger partial charge in [-0.15, -0.1) is 0 Å². The average molecular weight is 309 g/mol. The second-order valence-corrected chi connectivity index (χ2v) is 5.60. The van der Waals surface area contributed by atoms with E-state index in [9.17, 15) is 14.0 Å². The molecule has 1 aliphatic heterocycles. The summed E-state index contributed by atoms with van der Waals surface area (Å²) in [5.74, 6) is -1.70. The van der Waals surface area contributed by atoms with Crippen molar-refractivity contribution in [1.29, 1.82) is 0 Å². The molecule has 0 aromatic heterocycles. The van der Waals surface area contributed by atoms with Crippen LogP contribution in [0.5, 0.6) is 5.75 Å². The molecule has 1 N–H and O–H groups in total. The quantitative estimate of drug-likeness (QED) is 0.818. The molecule has 0 radical (unpaired) electrons. The average Bonchev–Trinajstić information content (AvgIpc) is 2.87. The van der Waals surface area contributed by atoms with Gasteiger partial charge in [-0.05, 0) is 24.5 Å². The molecule has 0 unspecified atom stereocenters. The second kappa shape index (κ2) is 7.24. The lowest BCUT2D eigenvalue weighted by Crippen LogP contribution is -2.30. The lowest BCUT2D eigenvalue weighted by atomic mass is 9.99. The first-order chi connectivity index (χ1) is 10.5. The van der Waals surface area contributed by atoms with Crippen molar-refractivity contribution in [1.82, 2.24) is 4.90 Å². The van der Waals surface area contributed by atoms with Gasteiger partial charge in [-0.2, -0.15) is 0 Å². The maximum absolute atomic E-state index is 13.3. The predicted octanol–water partition coefficient (Wildman–Crippen LogP) is 2.16. The van der Waals surface area contributed by atoms with Crippen molar-refractivity contribution in [3.63, 3.8) is 0 Å². The second-order valence-electron chi connectivity index (χ2n) is 5.60. The Morgan fingerprint density at radius 3 is 2.73 bits per heavy atom. The highest BCUT2D eigenvalue weighted by molar-refractivity contribution is 5.78. The van der Waals surface area contributed by atoms with Gasteiger partial charge in [0.15, 0.2) is 11.6 Å². The van der Waals surface area contributed by atoms with E-state index in [0.717, 1.165) is 0 Å². The van der Waals surface area contributed by atoms with Gasteiger partial charge < -0.3 is 14.7 Å². The highest BCUT2D eigenvalue weighted by atomic mass is 19.1. The maximum Gasteiger partial charge on any atom is 0.308 e. The van der Waals surface area contributed by atoms with E-state index in [1.165, 1.54) is 12.1 Å². The molecule has 1 fully saturated rings. The monoisotopic (exact) mass is 309 g/mol. The molecule has 2 atom stereocenters. The Bertz CT molecular complexity index is 549. The number of carbonyl (C=O) groups excluding carboxylic acids is 1. The van der Waals surface area contributed by atoms with Crippen molar-refractivity contribution in [2.24, 2.45) is 11.8 Å². The molecule has 5 nitrogen and oxygen atoms in total. The van der Waals surface area contributed by atoms with Crippen LogP contribution in [-0.2, 0) is 9.59 Å². The van der Waals surface area contributed by atoms with Crippen LogP contribution in [0.1, 0.15) is 19.8 Å². The maximum atomic E-state index is 13.3. The normalized spacial score (nSPS) is 20.9. The Balaban J connectivity index is 1.73. The third-order valence-electron chi connectivity index (χ3n) is 3.91. The van der Waals surface area contributed by atoms with E-state index in [0.29, 0.717) is 13.0 Å². The number of hydrogen-bond acceptors (Lipinski definition) is 3. The fraction of sp³-hybridized carbons (Fsp3) is 0.500. The van der Waals surface area contributed by atoms with Crippen molar-refractivity contribution in [3.05, 3.63) is 30.1 Å². The van der Waals surface area contributed by atoms with Crippen LogP contribution in [0.15, 0.2) is 24.3 Å². The number of halogens is 1. The van der Waals surface area contributed by atoms with Crippen LogP contribution >= 0.6 is 0 Å². The lowest BCUT2D eigenvalue weighted by Gasteiger charge is -2.16. The number of aliphatic carboxylic acids is 1. The molecule has 0 saturated carbocycles. The van der Waals surface area contributed by atoms with E-state index in [1.807, 2.05) is 6.92 Å². The number of nitrogens with zero attached hydrogens (tertiary/aromatic N) is 1. The Morgan fingerprint density at radius 2 is 2.09 bits per heavy atom. The van der Waals surface area contributed by atoms with Crippen molar-refractivity contribution < 1.29 is 23.8 Å². The third-order valence-corrected chi connectivity index (χ3v) is 3.91. The topological polar surface area (TPSA) is 66.8 Å². The molecule has 0 aliphatic carbocycles. The number of ether oxygens (including phenoxy) is 1. The first kappa shape index (κ1) is 16.3. The molecule has 0 spiro atoms. The number of carboxylic acids is 1. The van der Waals surface area contributed by atoms with Gasteiger partial charge >= 0.3 is 5.97 Å². The van der Waals surface area contributed by atoms with E-state index in [4.69, 9.17) is 9.84 Å². The summed E-state index contributed by atoms with van der Waals surface area (Å²) in [4.78, 5) is 24.7. The molecular formula is C16H20FNO4. The predicted molar refractivity (Wildman–Crippen MR) is 78.0 cm³/mol. The summed E-state index contributed by atoms with van der Waals surface area (Å²) in [7, 11) is 0. The van der Waals surface area contributed by atoms with Gasteiger partial charge in [0.25, 0.3) is 0 Å². The van der Waals surface area contributed by atoms with Crippen molar-refractivity contribution in [2.75, 3.05) is 19.7 Å². The SMILES string of the molecule is C[C@@H]1CN(C(=O)CCCOc2ccccc2F)C[C@H]1C(=O)O. The van der Waals surface area contributed by atoms with Crippen LogP contribution in [0.3, 0.4) is 0 Å². The largest absolute Gasteiger partial charge is 0.491 e. The minimum Gasteiger partial charge on any atom is -0.491 e. The molecule has 1 saturated heterocycles. The Hall–Kier alpha value is -2.11. The van der Waals surface area contributed by atoms with Gasteiger partial charge in [-0.3, -0.25) is 9.59 Å². The number of carboxylic acid groups (broad SMARTS) is 1. The number of hydrogen-bond donors (Lipinski definition) is 1. The van der Waals surface area contributed by atoms with Gasteiger partial charge in [-0.1, -0.05) is 19.1 Å². The van der Waals surface area contributed by atoms with Crippen LogP contribution in [0.4, 0.5) is 4.39 Å². The van der Waals surface area contributed by atoms with E-state index in [1.54, 1.807) is 17.0 Å². The first-order valence-corrected chi connectivity index (χ1v) is 7.37. The van der Waals surface area contributed by atoms with E-state index in [2.05, 4.69) is 0 Å². The Kier molecular flexibility index (Phi) is 5.35. The molecule has 0 bridgehead atoms.